The van der Waals surface area contributed by atoms with Gasteiger partial charge in [-0.2, -0.15) is 0 Å². The molecule has 1 unspecified atom stereocenters. The Kier molecular flexibility index (Phi) is 14.2. The molecule has 2 heterocycles. The molecule has 1 N–H and O–H groups in total. The molecule has 2 rings (SSSR count). The standard InChI is InChI=1S/C23H43N5O3.HI/c1-5-7-8-19(6-2)17-24-23(25-18-21(29)26(3)4)28-11-9-20(10-12-28)22(30)27-13-15-31-16-14-27;/h19-20H,5-18H2,1-4H3,(H,24,25);1H. The van der Waals surface area contributed by atoms with Crippen molar-refractivity contribution in [2.24, 2.45) is 16.8 Å². The van der Waals surface area contributed by atoms with Crippen molar-refractivity contribution in [3.05, 3.63) is 0 Å². The van der Waals surface area contributed by atoms with Gasteiger partial charge in [0.05, 0.1) is 13.2 Å². The Morgan fingerprint density at radius 2 is 1.75 bits per heavy atom. The van der Waals surface area contributed by atoms with E-state index in [1.54, 1.807) is 19.0 Å². The monoisotopic (exact) mass is 565 g/mol. The van der Waals surface area contributed by atoms with Crippen molar-refractivity contribution in [3.63, 3.8) is 0 Å². The smallest absolute Gasteiger partial charge is 0.243 e. The number of amides is 2. The highest BCUT2D eigenvalue weighted by molar-refractivity contribution is 14.0. The molecule has 2 aliphatic heterocycles. The third-order valence-corrected chi connectivity index (χ3v) is 6.42. The summed E-state index contributed by atoms with van der Waals surface area (Å²) >= 11 is 0. The first-order chi connectivity index (χ1) is 15.0. The van der Waals surface area contributed by atoms with Crippen molar-refractivity contribution in [2.45, 2.75) is 52.4 Å². The van der Waals surface area contributed by atoms with Crippen LogP contribution in [0.15, 0.2) is 4.99 Å². The number of nitrogens with one attached hydrogen (secondary N) is 1. The summed E-state index contributed by atoms with van der Waals surface area (Å²) in [6.45, 7) is 9.74. The van der Waals surface area contributed by atoms with Gasteiger partial charge in [-0.05, 0) is 25.2 Å². The Hall–Kier alpha value is -1.10. The lowest BCUT2D eigenvalue weighted by atomic mass is 9.95. The Labute approximate surface area is 211 Å². The number of unbranched alkanes of at least 4 members (excludes halogenated alkanes) is 1. The highest BCUT2D eigenvalue weighted by Gasteiger charge is 2.30. The molecule has 0 radical (unpaired) electrons. The van der Waals surface area contributed by atoms with E-state index >= 15 is 0 Å². The van der Waals surface area contributed by atoms with Crippen molar-refractivity contribution in [3.8, 4) is 0 Å². The fourth-order valence-electron chi connectivity index (χ4n) is 4.11. The number of likely N-dealkylation sites (tertiary alicyclic amines) is 1. The Bertz CT molecular complexity index is 588. The van der Waals surface area contributed by atoms with E-state index in [4.69, 9.17) is 4.74 Å². The normalized spacial score (nSPS) is 18.7. The van der Waals surface area contributed by atoms with Crippen LogP contribution in [-0.4, -0.2) is 99.1 Å². The number of halogens is 1. The number of nitrogens with zero attached hydrogens (tertiary/aromatic N) is 4. The quantitative estimate of drug-likeness (QED) is 0.264. The Morgan fingerprint density at radius 1 is 1.09 bits per heavy atom. The molecule has 0 aromatic heterocycles. The first-order valence-corrected chi connectivity index (χ1v) is 12.1. The molecule has 2 fully saturated rings. The first kappa shape index (κ1) is 28.9. The van der Waals surface area contributed by atoms with Crippen molar-refractivity contribution in [1.82, 2.24) is 20.0 Å². The van der Waals surface area contributed by atoms with E-state index < -0.39 is 0 Å². The number of ether oxygens (including phenoxy) is 1. The molecule has 0 aliphatic carbocycles. The summed E-state index contributed by atoms with van der Waals surface area (Å²) in [4.78, 5) is 35.3. The van der Waals surface area contributed by atoms with Crippen LogP contribution >= 0.6 is 24.0 Å². The van der Waals surface area contributed by atoms with Gasteiger partial charge in [0.1, 0.15) is 6.54 Å². The SMILES string of the molecule is CCCCC(CC)CNC(=NCC(=O)N(C)C)N1CCC(C(=O)N2CCOCC2)CC1.I. The lowest BCUT2D eigenvalue weighted by Crippen LogP contribution is -2.50. The molecule has 2 saturated heterocycles. The second-order valence-corrected chi connectivity index (χ2v) is 8.92. The molecule has 0 spiro atoms. The van der Waals surface area contributed by atoms with E-state index in [1.165, 1.54) is 19.3 Å². The number of carbonyl (C=O) groups excluding carboxylic acids is 2. The average Bonchev–Trinajstić information content (AvgIpc) is 2.81. The van der Waals surface area contributed by atoms with E-state index in [-0.39, 0.29) is 48.3 Å². The minimum Gasteiger partial charge on any atom is -0.378 e. The summed E-state index contributed by atoms with van der Waals surface area (Å²) in [6, 6.07) is 0. The number of hydrogen-bond donors (Lipinski definition) is 1. The Morgan fingerprint density at radius 3 is 2.31 bits per heavy atom. The predicted molar refractivity (Wildman–Crippen MR) is 139 cm³/mol. The number of carbonyl (C=O) groups is 2. The van der Waals surface area contributed by atoms with Gasteiger partial charge >= 0.3 is 0 Å². The topological polar surface area (TPSA) is 77.5 Å². The van der Waals surface area contributed by atoms with Crippen LogP contribution < -0.4 is 5.32 Å². The lowest BCUT2D eigenvalue weighted by molar-refractivity contribution is -0.140. The van der Waals surface area contributed by atoms with Gasteiger partial charge < -0.3 is 24.8 Å². The molecule has 1 atom stereocenters. The highest BCUT2D eigenvalue weighted by Crippen LogP contribution is 2.21. The fourth-order valence-corrected chi connectivity index (χ4v) is 4.11. The van der Waals surface area contributed by atoms with Gasteiger partial charge in [-0.25, -0.2) is 4.99 Å². The van der Waals surface area contributed by atoms with E-state index in [0.29, 0.717) is 32.2 Å². The van der Waals surface area contributed by atoms with Gasteiger partial charge in [-0.3, -0.25) is 9.59 Å². The minimum absolute atomic E-state index is 0. The van der Waals surface area contributed by atoms with Crippen LogP contribution in [0.5, 0.6) is 0 Å². The van der Waals surface area contributed by atoms with Gasteiger partial charge in [0.25, 0.3) is 0 Å². The second kappa shape index (κ2) is 15.7. The van der Waals surface area contributed by atoms with E-state index in [2.05, 4.69) is 29.1 Å². The third kappa shape index (κ3) is 9.41. The molecule has 0 aromatic carbocycles. The molecule has 2 amide bonds. The zero-order valence-electron chi connectivity index (χ0n) is 20.5. The maximum absolute atomic E-state index is 12.8. The predicted octanol–water partition coefficient (Wildman–Crippen LogP) is 2.43. The van der Waals surface area contributed by atoms with Crippen LogP contribution in [0.4, 0.5) is 0 Å². The molecule has 0 aromatic rings. The molecule has 0 saturated carbocycles. The van der Waals surface area contributed by atoms with Gasteiger partial charge in [-0.1, -0.05) is 33.1 Å². The van der Waals surface area contributed by atoms with Crippen molar-refractivity contribution in [1.29, 1.82) is 0 Å². The summed E-state index contributed by atoms with van der Waals surface area (Å²) in [7, 11) is 3.51. The molecule has 9 heteroatoms. The average molecular weight is 566 g/mol. The fraction of sp³-hybridized carbons (Fsp3) is 0.870. The largest absolute Gasteiger partial charge is 0.378 e. The molecule has 186 valence electrons. The van der Waals surface area contributed by atoms with Crippen molar-refractivity contribution < 1.29 is 14.3 Å². The van der Waals surface area contributed by atoms with Crippen LogP contribution in [0, 0.1) is 11.8 Å². The number of aliphatic imine (C=N–C) groups is 1. The van der Waals surface area contributed by atoms with Crippen LogP contribution in [-0.2, 0) is 14.3 Å². The number of likely N-dealkylation sites (N-methyl/N-ethyl adjacent to an activating group) is 1. The van der Waals surface area contributed by atoms with Gasteiger partial charge in [-0.15, -0.1) is 24.0 Å². The van der Waals surface area contributed by atoms with Crippen LogP contribution in [0.2, 0.25) is 0 Å². The molecular formula is C23H44IN5O3. The summed E-state index contributed by atoms with van der Waals surface area (Å²) in [5, 5.41) is 3.54. The van der Waals surface area contributed by atoms with E-state index in [1.807, 2.05) is 4.90 Å². The Balaban J connectivity index is 0.00000512. The number of rotatable bonds is 9. The molecule has 0 bridgehead atoms. The van der Waals surface area contributed by atoms with Crippen molar-refractivity contribution >= 4 is 41.8 Å². The van der Waals surface area contributed by atoms with Gasteiger partial charge in [0.2, 0.25) is 11.8 Å². The van der Waals surface area contributed by atoms with Crippen LogP contribution in [0.25, 0.3) is 0 Å². The van der Waals surface area contributed by atoms with Gasteiger partial charge in [0, 0.05) is 52.7 Å². The van der Waals surface area contributed by atoms with Gasteiger partial charge in [0.15, 0.2) is 5.96 Å². The first-order valence-electron chi connectivity index (χ1n) is 12.1. The molecule has 8 nitrogen and oxygen atoms in total. The lowest BCUT2D eigenvalue weighted by Gasteiger charge is -2.37. The zero-order chi connectivity index (χ0) is 22.6. The van der Waals surface area contributed by atoms with Crippen LogP contribution in [0.1, 0.15) is 52.4 Å². The summed E-state index contributed by atoms with van der Waals surface area (Å²) in [5.74, 6) is 1.75. The van der Waals surface area contributed by atoms with E-state index in [0.717, 1.165) is 44.9 Å². The maximum Gasteiger partial charge on any atom is 0.243 e. The third-order valence-electron chi connectivity index (χ3n) is 6.42. The molecular weight excluding hydrogens is 521 g/mol. The van der Waals surface area contributed by atoms with Crippen LogP contribution in [0.3, 0.4) is 0 Å². The second-order valence-electron chi connectivity index (χ2n) is 8.92. The number of hydrogen-bond acceptors (Lipinski definition) is 4. The summed E-state index contributed by atoms with van der Waals surface area (Å²) in [5.41, 5.74) is 0. The maximum atomic E-state index is 12.8. The summed E-state index contributed by atoms with van der Waals surface area (Å²) in [6.07, 6.45) is 6.43. The minimum atomic E-state index is -0.00490. The number of guanidine groups is 1. The highest BCUT2D eigenvalue weighted by atomic mass is 127. The molecule has 32 heavy (non-hydrogen) atoms. The number of morpholine rings is 1. The molecule has 2 aliphatic rings. The number of piperidine rings is 1. The van der Waals surface area contributed by atoms with E-state index in [9.17, 15) is 9.59 Å². The summed E-state index contributed by atoms with van der Waals surface area (Å²) < 4.78 is 5.37. The zero-order valence-corrected chi connectivity index (χ0v) is 22.8. The van der Waals surface area contributed by atoms with Crippen molar-refractivity contribution in [2.75, 3.05) is 66.6 Å².